The Morgan fingerprint density at radius 2 is 1.91 bits per heavy atom. The quantitative estimate of drug-likeness (QED) is 0.839. The van der Waals surface area contributed by atoms with Gasteiger partial charge < -0.3 is 9.80 Å². The molecule has 0 aromatic carbocycles. The summed E-state index contributed by atoms with van der Waals surface area (Å²) in [4.78, 5) is 25.5. The van der Waals surface area contributed by atoms with E-state index < -0.39 is 0 Å². The molecule has 0 spiro atoms. The Labute approximate surface area is 133 Å². The maximum atomic E-state index is 12.4. The van der Waals surface area contributed by atoms with Crippen LogP contribution in [-0.2, 0) is 4.79 Å². The lowest BCUT2D eigenvalue weighted by atomic mass is 10.0. The minimum Gasteiger partial charge on any atom is -0.353 e. The molecule has 0 aliphatic carbocycles. The number of carbonyl (C=O) groups excluding carboxylic acids is 1. The monoisotopic (exact) mass is 304 g/mol. The third kappa shape index (κ3) is 4.18. The molecule has 0 saturated carbocycles. The SMILES string of the molecule is CCCCC(C)C(=O)N1CCN(c2cc(C)nc(C)n2)CC1. The standard InChI is InChI=1S/C17H28N4O/c1-5-6-7-13(2)17(22)21-10-8-20(9-11-21)16-12-14(3)18-15(4)19-16/h12-13H,5-11H2,1-4H3. The third-order valence-electron chi connectivity index (χ3n) is 4.28. The summed E-state index contributed by atoms with van der Waals surface area (Å²) in [6.07, 6.45) is 3.28. The number of rotatable bonds is 5. The van der Waals surface area contributed by atoms with Gasteiger partial charge in [-0.05, 0) is 20.3 Å². The number of aromatic nitrogens is 2. The zero-order valence-electron chi connectivity index (χ0n) is 14.3. The predicted molar refractivity (Wildman–Crippen MR) is 89.0 cm³/mol. The zero-order chi connectivity index (χ0) is 16.1. The first kappa shape index (κ1) is 16.7. The van der Waals surface area contributed by atoms with Crippen molar-refractivity contribution < 1.29 is 4.79 Å². The fraction of sp³-hybridized carbons (Fsp3) is 0.706. The summed E-state index contributed by atoms with van der Waals surface area (Å²) in [6.45, 7) is 11.4. The number of unbranched alkanes of at least 4 members (excludes halogenated alkanes) is 1. The molecule has 2 rings (SSSR count). The lowest BCUT2D eigenvalue weighted by Gasteiger charge is -2.36. The van der Waals surface area contributed by atoms with Crippen LogP contribution in [0.2, 0.25) is 0 Å². The number of amides is 1. The molecule has 1 amide bonds. The Balaban J connectivity index is 1.91. The van der Waals surface area contributed by atoms with E-state index in [1.54, 1.807) is 0 Å². The van der Waals surface area contributed by atoms with Crippen molar-refractivity contribution in [3.8, 4) is 0 Å². The van der Waals surface area contributed by atoms with Gasteiger partial charge in [0.25, 0.3) is 0 Å². The summed E-state index contributed by atoms with van der Waals surface area (Å²) in [5, 5.41) is 0. The first-order valence-electron chi connectivity index (χ1n) is 8.37. The van der Waals surface area contributed by atoms with Crippen LogP contribution >= 0.6 is 0 Å². The summed E-state index contributed by atoms with van der Waals surface area (Å²) in [5.74, 6) is 2.25. The van der Waals surface area contributed by atoms with E-state index in [2.05, 4.69) is 28.7 Å². The van der Waals surface area contributed by atoms with Crippen LogP contribution in [0, 0.1) is 19.8 Å². The minimum atomic E-state index is 0.148. The average Bonchev–Trinajstić information content (AvgIpc) is 2.51. The van der Waals surface area contributed by atoms with Crippen molar-refractivity contribution in [2.45, 2.75) is 47.0 Å². The van der Waals surface area contributed by atoms with Crippen LogP contribution in [0.4, 0.5) is 5.82 Å². The third-order valence-corrected chi connectivity index (χ3v) is 4.28. The van der Waals surface area contributed by atoms with Crippen LogP contribution in [0.25, 0.3) is 0 Å². The summed E-state index contributed by atoms with van der Waals surface area (Å²) in [5.41, 5.74) is 0.995. The van der Waals surface area contributed by atoms with E-state index in [1.807, 2.05) is 24.8 Å². The van der Waals surface area contributed by atoms with Crippen LogP contribution in [-0.4, -0.2) is 47.0 Å². The highest BCUT2D eigenvalue weighted by Crippen LogP contribution is 2.17. The van der Waals surface area contributed by atoms with Gasteiger partial charge in [-0.15, -0.1) is 0 Å². The van der Waals surface area contributed by atoms with Crippen LogP contribution in [0.15, 0.2) is 6.07 Å². The maximum absolute atomic E-state index is 12.4. The predicted octanol–water partition coefficient (Wildman–Crippen LogP) is 2.57. The van der Waals surface area contributed by atoms with Gasteiger partial charge >= 0.3 is 0 Å². The van der Waals surface area contributed by atoms with Gasteiger partial charge in [0.05, 0.1) is 0 Å². The van der Waals surface area contributed by atoms with Gasteiger partial charge in [0, 0.05) is 43.9 Å². The molecule has 1 aliphatic heterocycles. The minimum absolute atomic E-state index is 0.148. The van der Waals surface area contributed by atoms with Gasteiger partial charge in [-0.1, -0.05) is 26.7 Å². The molecule has 2 heterocycles. The van der Waals surface area contributed by atoms with Crippen molar-refractivity contribution in [2.24, 2.45) is 5.92 Å². The average molecular weight is 304 g/mol. The molecule has 1 aromatic rings. The molecule has 0 bridgehead atoms. The van der Waals surface area contributed by atoms with Gasteiger partial charge in [0.2, 0.25) is 5.91 Å². The molecular formula is C17H28N4O. The van der Waals surface area contributed by atoms with Crippen LogP contribution in [0.5, 0.6) is 0 Å². The summed E-state index contributed by atoms with van der Waals surface area (Å²) < 4.78 is 0. The summed E-state index contributed by atoms with van der Waals surface area (Å²) >= 11 is 0. The second-order valence-electron chi connectivity index (χ2n) is 6.27. The van der Waals surface area contributed by atoms with Crippen LogP contribution < -0.4 is 4.90 Å². The van der Waals surface area contributed by atoms with Crippen LogP contribution in [0.3, 0.4) is 0 Å². The number of hydrogen-bond acceptors (Lipinski definition) is 4. The Bertz CT molecular complexity index is 489. The molecule has 1 aromatic heterocycles. The molecule has 1 atom stereocenters. The second-order valence-corrected chi connectivity index (χ2v) is 6.27. The number of carbonyl (C=O) groups is 1. The van der Waals surface area contributed by atoms with Gasteiger partial charge in [-0.25, -0.2) is 9.97 Å². The largest absolute Gasteiger partial charge is 0.353 e. The first-order chi connectivity index (χ1) is 10.5. The first-order valence-corrected chi connectivity index (χ1v) is 8.37. The Morgan fingerprint density at radius 3 is 2.50 bits per heavy atom. The fourth-order valence-corrected chi connectivity index (χ4v) is 2.96. The fourth-order valence-electron chi connectivity index (χ4n) is 2.96. The number of aryl methyl sites for hydroxylation is 2. The van der Waals surface area contributed by atoms with Gasteiger partial charge in [0.1, 0.15) is 11.6 Å². The van der Waals surface area contributed by atoms with Crippen molar-refractivity contribution in [1.82, 2.24) is 14.9 Å². The molecule has 0 N–H and O–H groups in total. The highest BCUT2D eigenvalue weighted by Gasteiger charge is 2.25. The normalized spacial score (nSPS) is 16.7. The van der Waals surface area contributed by atoms with E-state index in [1.165, 1.54) is 0 Å². The summed E-state index contributed by atoms with van der Waals surface area (Å²) in [6, 6.07) is 2.02. The van der Waals surface area contributed by atoms with E-state index in [4.69, 9.17) is 0 Å². The molecular weight excluding hydrogens is 276 g/mol. The Hall–Kier alpha value is -1.65. The van der Waals surface area contributed by atoms with Crippen molar-refractivity contribution in [3.05, 3.63) is 17.6 Å². The van der Waals surface area contributed by atoms with E-state index in [0.717, 1.165) is 62.8 Å². The zero-order valence-corrected chi connectivity index (χ0v) is 14.3. The topological polar surface area (TPSA) is 49.3 Å². The molecule has 122 valence electrons. The molecule has 0 radical (unpaired) electrons. The van der Waals surface area contributed by atoms with E-state index in [9.17, 15) is 4.79 Å². The Morgan fingerprint density at radius 1 is 1.23 bits per heavy atom. The van der Waals surface area contributed by atoms with Crippen molar-refractivity contribution in [1.29, 1.82) is 0 Å². The van der Waals surface area contributed by atoms with Gasteiger partial charge in [0.15, 0.2) is 0 Å². The van der Waals surface area contributed by atoms with Gasteiger partial charge in [-0.2, -0.15) is 0 Å². The number of piperazine rings is 1. The smallest absolute Gasteiger partial charge is 0.225 e. The molecule has 5 nitrogen and oxygen atoms in total. The molecule has 5 heteroatoms. The van der Waals surface area contributed by atoms with E-state index in [0.29, 0.717) is 5.91 Å². The summed E-state index contributed by atoms with van der Waals surface area (Å²) in [7, 11) is 0. The number of hydrogen-bond donors (Lipinski definition) is 0. The number of nitrogens with zero attached hydrogens (tertiary/aromatic N) is 4. The Kier molecular flexibility index (Phi) is 5.75. The van der Waals surface area contributed by atoms with Gasteiger partial charge in [-0.3, -0.25) is 4.79 Å². The van der Waals surface area contributed by atoms with Crippen LogP contribution in [0.1, 0.15) is 44.6 Å². The molecule has 1 aliphatic rings. The molecule has 1 fully saturated rings. The maximum Gasteiger partial charge on any atom is 0.225 e. The molecule has 1 saturated heterocycles. The molecule has 22 heavy (non-hydrogen) atoms. The van der Waals surface area contributed by atoms with E-state index >= 15 is 0 Å². The lowest BCUT2D eigenvalue weighted by Crippen LogP contribution is -2.50. The molecule has 1 unspecified atom stereocenters. The lowest BCUT2D eigenvalue weighted by molar-refractivity contribution is -0.135. The highest BCUT2D eigenvalue weighted by atomic mass is 16.2. The van der Waals surface area contributed by atoms with E-state index in [-0.39, 0.29) is 5.92 Å². The number of anilines is 1. The van der Waals surface area contributed by atoms with Crippen molar-refractivity contribution >= 4 is 11.7 Å². The van der Waals surface area contributed by atoms with Crippen molar-refractivity contribution in [3.63, 3.8) is 0 Å². The van der Waals surface area contributed by atoms with Crippen molar-refractivity contribution in [2.75, 3.05) is 31.1 Å². The highest BCUT2D eigenvalue weighted by molar-refractivity contribution is 5.78. The second kappa shape index (κ2) is 7.56.